The van der Waals surface area contributed by atoms with E-state index in [0.29, 0.717) is 11.3 Å². The number of halogens is 2. The van der Waals surface area contributed by atoms with E-state index in [1.165, 1.54) is 0 Å². The molecule has 0 saturated heterocycles. The summed E-state index contributed by atoms with van der Waals surface area (Å²) in [4.78, 5) is 16.4. The molecule has 0 aromatic heterocycles. The first-order valence-corrected chi connectivity index (χ1v) is 6.82. The Morgan fingerprint density at radius 3 is 2.65 bits per heavy atom. The van der Waals surface area contributed by atoms with Crippen molar-refractivity contribution < 1.29 is 9.90 Å². The van der Waals surface area contributed by atoms with E-state index < -0.39 is 5.41 Å². The number of carbonyl (C=O) groups excluding carboxylic acids is 1. The van der Waals surface area contributed by atoms with Crippen LogP contribution in [0.1, 0.15) is 19.4 Å². The number of rotatable bonds is 0. The van der Waals surface area contributed by atoms with Gasteiger partial charge in [-0.3, -0.25) is 4.79 Å². The third kappa shape index (κ3) is 1.74. The molecule has 3 rings (SSSR count). The molecule has 0 bridgehead atoms. The predicted octanol–water partition coefficient (Wildman–Crippen LogP) is 3.95. The molecule has 20 heavy (non-hydrogen) atoms. The minimum absolute atomic E-state index is 0.0653. The summed E-state index contributed by atoms with van der Waals surface area (Å²) in [6.07, 6.45) is 1.54. The van der Waals surface area contributed by atoms with Gasteiger partial charge in [0.2, 0.25) is 5.78 Å². The first-order valence-electron chi connectivity index (χ1n) is 6.07. The van der Waals surface area contributed by atoms with Crippen molar-refractivity contribution in [1.29, 1.82) is 0 Å². The molecule has 0 unspecified atom stereocenters. The van der Waals surface area contributed by atoms with Crippen LogP contribution in [0.15, 0.2) is 44.9 Å². The monoisotopic (exact) mass is 307 g/mol. The number of nitrogens with zero attached hydrogens (tertiary/aromatic N) is 1. The Hall–Kier alpha value is -1.58. The van der Waals surface area contributed by atoms with Gasteiger partial charge in [-0.15, -0.1) is 0 Å². The van der Waals surface area contributed by atoms with E-state index >= 15 is 0 Å². The Labute approximate surface area is 126 Å². The molecule has 0 spiro atoms. The summed E-state index contributed by atoms with van der Waals surface area (Å²) in [5, 5.41) is 9.84. The molecule has 0 fully saturated rings. The molecule has 1 aliphatic heterocycles. The molecular formula is C15H11Cl2NO2. The molecule has 0 radical (unpaired) electrons. The number of phenolic OH excluding ortho intramolecular Hbond substituents is 1. The summed E-state index contributed by atoms with van der Waals surface area (Å²) >= 11 is 12.1. The fourth-order valence-corrected chi connectivity index (χ4v) is 3.34. The van der Waals surface area contributed by atoms with Crippen molar-refractivity contribution in [2.75, 3.05) is 0 Å². The standard InChI is InChI=1S/C15H11Cl2NO2/c1-15(2)8-5-7(19)3-4-10(8)18-11-6-9(16)14(20)13(17)12(11)15/h3-6,19H,1-2H3. The molecule has 5 heteroatoms. The number of hydrogen-bond acceptors (Lipinski definition) is 3. The minimum atomic E-state index is -0.536. The van der Waals surface area contributed by atoms with Crippen molar-refractivity contribution >= 4 is 40.4 Å². The molecule has 0 atom stereocenters. The van der Waals surface area contributed by atoms with Crippen LogP contribution in [0.3, 0.4) is 0 Å². The molecule has 102 valence electrons. The third-order valence-electron chi connectivity index (χ3n) is 3.67. The predicted molar refractivity (Wildman–Crippen MR) is 80.0 cm³/mol. The van der Waals surface area contributed by atoms with Crippen LogP contribution in [0.4, 0.5) is 5.69 Å². The Bertz CT molecular complexity index is 742. The highest BCUT2D eigenvalue weighted by Gasteiger charge is 2.40. The maximum atomic E-state index is 12.0. The molecule has 1 aliphatic carbocycles. The lowest BCUT2D eigenvalue weighted by Crippen LogP contribution is -2.32. The second kappa shape index (κ2) is 4.21. The maximum Gasteiger partial charge on any atom is 0.216 e. The van der Waals surface area contributed by atoms with Gasteiger partial charge in [0.25, 0.3) is 0 Å². The summed E-state index contributed by atoms with van der Waals surface area (Å²) in [5.74, 6) is -0.234. The molecule has 0 amide bonds. The fraction of sp³-hybridized carbons (Fsp3) is 0.200. The molecule has 1 heterocycles. The van der Waals surface area contributed by atoms with Crippen LogP contribution in [-0.4, -0.2) is 16.6 Å². The number of carbonyl (C=O) groups is 1. The summed E-state index contributed by atoms with van der Waals surface area (Å²) in [6, 6.07) is 4.97. The van der Waals surface area contributed by atoms with Gasteiger partial charge in [0, 0.05) is 11.0 Å². The van der Waals surface area contributed by atoms with E-state index in [9.17, 15) is 9.90 Å². The van der Waals surface area contributed by atoms with Crippen LogP contribution in [0, 0.1) is 0 Å². The van der Waals surface area contributed by atoms with Gasteiger partial charge in [-0.25, -0.2) is 4.99 Å². The van der Waals surface area contributed by atoms with E-state index in [1.54, 1.807) is 24.3 Å². The smallest absolute Gasteiger partial charge is 0.216 e. The normalized spacial score (nSPS) is 20.1. The number of aliphatic imine (C=N–C) groups is 1. The Kier molecular flexibility index (Phi) is 2.82. The van der Waals surface area contributed by atoms with Gasteiger partial charge < -0.3 is 5.11 Å². The summed E-state index contributed by atoms with van der Waals surface area (Å²) in [7, 11) is 0. The first kappa shape index (κ1) is 13.4. The molecular weight excluding hydrogens is 297 g/mol. The Morgan fingerprint density at radius 2 is 1.95 bits per heavy atom. The second-order valence-corrected chi connectivity index (χ2v) is 6.12. The molecule has 3 nitrogen and oxygen atoms in total. The van der Waals surface area contributed by atoms with Crippen LogP contribution < -0.4 is 0 Å². The number of aromatic hydroxyl groups is 1. The number of benzene rings is 1. The Balaban J connectivity index is 2.36. The van der Waals surface area contributed by atoms with E-state index in [0.717, 1.165) is 11.3 Å². The lowest BCUT2D eigenvalue weighted by molar-refractivity contribution is -0.111. The molecule has 1 aromatic rings. The molecule has 0 saturated carbocycles. The van der Waals surface area contributed by atoms with Gasteiger partial charge in [0.05, 0.1) is 21.5 Å². The zero-order valence-corrected chi connectivity index (χ0v) is 12.4. The summed E-state index contributed by atoms with van der Waals surface area (Å²) in [5.41, 5.74) is 2.28. The number of Topliss-reactive ketones (excluding diaryl/α,β-unsaturated/α-hetero) is 1. The zero-order valence-electron chi connectivity index (χ0n) is 10.9. The van der Waals surface area contributed by atoms with Crippen molar-refractivity contribution in [2.45, 2.75) is 19.3 Å². The quantitative estimate of drug-likeness (QED) is 0.738. The highest BCUT2D eigenvalue weighted by molar-refractivity contribution is 6.58. The lowest BCUT2D eigenvalue weighted by atomic mass is 9.71. The largest absolute Gasteiger partial charge is 0.508 e. The van der Waals surface area contributed by atoms with Crippen LogP contribution in [-0.2, 0) is 10.2 Å². The Morgan fingerprint density at radius 1 is 1.25 bits per heavy atom. The van der Waals surface area contributed by atoms with E-state index in [4.69, 9.17) is 23.2 Å². The van der Waals surface area contributed by atoms with Gasteiger partial charge in [-0.2, -0.15) is 0 Å². The highest BCUT2D eigenvalue weighted by Crippen LogP contribution is 2.47. The van der Waals surface area contributed by atoms with E-state index in [-0.39, 0.29) is 21.6 Å². The topological polar surface area (TPSA) is 49.7 Å². The van der Waals surface area contributed by atoms with Gasteiger partial charge in [-0.05, 0) is 29.8 Å². The number of hydrogen-bond donors (Lipinski definition) is 1. The van der Waals surface area contributed by atoms with Gasteiger partial charge in [0.1, 0.15) is 5.75 Å². The zero-order chi connectivity index (χ0) is 14.7. The molecule has 1 aromatic carbocycles. The number of ketones is 1. The third-order valence-corrected chi connectivity index (χ3v) is 4.32. The van der Waals surface area contributed by atoms with E-state index in [2.05, 4.69) is 4.99 Å². The highest BCUT2D eigenvalue weighted by atomic mass is 35.5. The van der Waals surface area contributed by atoms with Gasteiger partial charge in [0.15, 0.2) is 0 Å². The van der Waals surface area contributed by atoms with Crippen molar-refractivity contribution in [3.8, 4) is 5.75 Å². The average molecular weight is 308 g/mol. The minimum Gasteiger partial charge on any atom is -0.508 e. The van der Waals surface area contributed by atoms with Gasteiger partial charge in [-0.1, -0.05) is 37.0 Å². The van der Waals surface area contributed by atoms with Crippen molar-refractivity contribution in [3.63, 3.8) is 0 Å². The number of allylic oxidation sites excluding steroid dienone is 4. The number of fused-ring (bicyclic) bond motifs is 2. The molecule has 1 N–H and O–H groups in total. The first-order chi connectivity index (χ1) is 9.32. The summed E-state index contributed by atoms with van der Waals surface area (Å²) < 4.78 is 0. The second-order valence-electron chi connectivity index (χ2n) is 5.33. The number of phenols is 1. The summed E-state index contributed by atoms with van der Waals surface area (Å²) in [6.45, 7) is 3.88. The van der Waals surface area contributed by atoms with Gasteiger partial charge >= 0.3 is 0 Å². The van der Waals surface area contributed by atoms with Crippen molar-refractivity contribution in [1.82, 2.24) is 0 Å². The van der Waals surface area contributed by atoms with Crippen molar-refractivity contribution in [2.24, 2.45) is 4.99 Å². The van der Waals surface area contributed by atoms with Crippen LogP contribution >= 0.6 is 23.2 Å². The maximum absolute atomic E-state index is 12.0. The van der Waals surface area contributed by atoms with Crippen molar-refractivity contribution in [3.05, 3.63) is 45.5 Å². The van der Waals surface area contributed by atoms with Crippen LogP contribution in [0.5, 0.6) is 5.75 Å². The average Bonchev–Trinajstić information content (AvgIpc) is 2.37. The fourth-order valence-electron chi connectivity index (χ4n) is 2.66. The van der Waals surface area contributed by atoms with Crippen LogP contribution in [0.2, 0.25) is 0 Å². The van der Waals surface area contributed by atoms with E-state index in [1.807, 2.05) is 13.8 Å². The molecule has 2 aliphatic rings. The SMILES string of the molecule is CC1(C)C2=C(Cl)C(=O)C(Cl)=CC2=Nc2ccc(O)cc21. The lowest BCUT2D eigenvalue weighted by Gasteiger charge is -2.35. The van der Waals surface area contributed by atoms with Crippen LogP contribution in [0.25, 0.3) is 0 Å².